The number of quaternary nitrogens is 2. The fourth-order valence-electron chi connectivity index (χ4n) is 0.343. The molecule has 0 aromatic carbocycles. The molecule has 0 bridgehead atoms. The van der Waals surface area contributed by atoms with Crippen molar-refractivity contribution in [2.75, 3.05) is 14.2 Å². The second-order valence-corrected chi connectivity index (χ2v) is 1.86. The maximum Gasteiger partial charge on any atom is 0.239 e. The van der Waals surface area contributed by atoms with Gasteiger partial charge in [-0.2, -0.15) is 5.23 Å². The third-order valence-corrected chi connectivity index (χ3v) is 1.16. The molecule has 0 aromatic heterocycles. The Morgan fingerprint density at radius 1 is 1.44 bits per heavy atom. The van der Waals surface area contributed by atoms with Gasteiger partial charge in [-0.3, -0.25) is 0 Å². The van der Waals surface area contributed by atoms with E-state index in [0.717, 1.165) is 0 Å². The fourth-order valence-corrected chi connectivity index (χ4v) is 0.343. The summed E-state index contributed by atoms with van der Waals surface area (Å²) in [4.78, 5) is 4.31. The molecule has 3 unspecified atom stereocenters. The highest BCUT2D eigenvalue weighted by atomic mass is 16.9. The van der Waals surface area contributed by atoms with Gasteiger partial charge in [-0.15, -0.1) is 0 Å². The Morgan fingerprint density at radius 2 is 1.89 bits per heavy atom. The molecular formula is C4H12N2O3. The molecule has 0 fully saturated rings. The van der Waals surface area contributed by atoms with Crippen LogP contribution in [-0.2, 0) is 4.84 Å². The van der Waals surface area contributed by atoms with Gasteiger partial charge in [0, 0.05) is 6.92 Å². The van der Waals surface area contributed by atoms with Crippen molar-refractivity contribution in [3.63, 3.8) is 0 Å². The Balaban J connectivity index is 3.58. The van der Waals surface area contributed by atoms with Gasteiger partial charge in [0.1, 0.15) is 0 Å². The van der Waals surface area contributed by atoms with E-state index in [0.29, 0.717) is 0 Å². The summed E-state index contributed by atoms with van der Waals surface area (Å²) in [5.74, 6) is 0. The van der Waals surface area contributed by atoms with Crippen molar-refractivity contribution >= 4 is 0 Å². The van der Waals surface area contributed by atoms with Gasteiger partial charge >= 0.3 is 0 Å². The Labute approximate surface area is 53.9 Å². The average molecular weight is 136 g/mol. The first-order valence-electron chi connectivity index (χ1n) is 2.68. The first kappa shape index (κ1) is 8.80. The van der Waals surface area contributed by atoms with Crippen LogP contribution in [0.25, 0.3) is 0 Å². The van der Waals surface area contributed by atoms with Crippen molar-refractivity contribution in [2.24, 2.45) is 0 Å². The predicted octanol–water partition coefficient (Wildman–Crippen LogP) is -2.71. The number of nitrogens with one attached hydrogen (secondary N) is 2. The summed E-state index contributed by atoms with van der Waals surface area (Å²) < 4.78 is 0. The largest absolute Gasteiger partial charge is 0.630 e. The summed E-state index contributed by atoms with van der Waals surface area (Å²) in [7, 11) is 2.63. The molecule has 0 aliphatic heterocycles. The molecule has 0 rings (SSSR count). The molecule has 0 saturated heterocycles. The number of hydroxylamine groups is 4. The highest BCUT2D eigenvalue weighted by Crippen LogP contribution is 1.53. The molecular weight excluding hydrogens is 124 g/mol. The van der Waals surface area contributed by atoms with E-state index in [9.17, 15) is 10.4 Å². The fraction of sp³-hybridized carbons (Fsp3) is 1.00. The summed E-state index contributed by atoms with van der Waals surface area (Å²) >= 11 is 0. The first-order chi connectivity index (χ1) is 4.09. The summed E-state index contributed by atoms with van der Waals surface area (Å²) in [5.41, 5.74) is 0. The summed E-state index contributed by atoms with van der Waals surface area (Å²) in [5, 5.41) is 20.3. The predicted molar refractivity (Wildman–Crippen MR) is 31.1 cm³/mol. The quantitative estimate of drug-likeness (QED) is 0.327. The van der Waals surface area contributed by atoms with E-state index < -0.39 is 11.4 Å². The Bertz CT molecular complexity index is 78.2. The zero-order valence-corrected chi connectivity index (χ0v) is 5.80. The van der Waals surface area contributed by atoms with Crippen LogP contribution in [0.2, 0.25) is 0 Å². The van der Waals surface area contributed by atoms with Crippen LogP contribution in [0, 0.1) is 10.4 Å². The van der Waals surface area contributed by atoms with Crippen LogP contribution in [0.3, 0.4) is 0 Å². The molecule has 56 valence electrons. The average Bonchev–Trinajstić information content (AvgIpc) is 1.84. The molecule has 5 nitrogen and oxygen atoms in total. The normalized spacial score (nSPS) is 21.0. The summed E-state index contributed by atoms with van der Waals surface area (Å²) in [6.07, 6.45) is -0.616. The van der Waals surface area contributed by atoms with Gasteiger partial charge in [0.05, 0.1) is 14.2 Å². The summed E-state index contributed by atoms with van der Waals surface area (Å²) in [6, 6.07) is 0. The van der Waals surface area contributed by atoms with E-state index >= 15 is 0 Å². The minimum atomic E-state index is -0.616. The highest BCUT2D eigenvalue weighted by Gasteiger charge is 2.11. The lowest BCUT2D eigenvalue weighted by Gasteiger charge is -2.30. The molecule has 0 saturated carbocycles. The van der Waals surface area contributed by atoms with Gasteiger partial charge in [0.25, 0.3) is 0 Å². The lowest BCUT2D eigenvalue weighted by atomic mass is 10.6. The van der Waals surface area contributed by atoms with Crippen LogP contribution in [0.15, 0.2) is 0 Å². The van der Waals surface area contributed by atoms with Crippen LogP contribution in [-0.4, -0.2) is 20.3 Å². The minimum absolute atomic E-state index is 0.165. The summed E-state index contributed by atoms with van der Waals surface area (Å²) in [6.45, 7) is 1.52. The van der Waals surface area contributed by atoms with Gasteiger partial charge in [-0.1, -0.05) is 0 Å². The third-order valence-electron chi connectivity index (χ3n) is 1.16. The van der Waals surface area contributed by atoms with E-state index in [1.807, 2.05) is 0 Å². The van der Waals surface area contributed by atoms with Crippen LogP contribution in [0.4, 0.5) is 0 Å². The second kappa shape index (κ2) is 3.76. The molecule has 0 aliphatic carbocycles. The van der Waals surface area contributed by atoms with Gasteiger partial charge in [0.15, 0.2) is 0 Å². The van der Waals surface area contributed by atoms with Gasteiger partial charge < -0.3 is 15.5 Å². The molecule has 0 spiro atoms. The SMILES string of the molecule is CO[NH+]([O-])C(C)[NH+](C)[O-]. The maximum absolute atomic E-state index is 10.5. The zero-order chi connectivity index (χ0) is 7.44. The van der Waals surface area contributed by atoms with E-state index in [1.54, 1.807) is 0 Å². The van der Waals surface area contributed by atoms with Gasteiger partial charge in [-0.25, -0.2) is 4.84 Å². The molecule has 0 heterocycles. The van der Waals surface area contributed by atoms with Gasteiger partial charge in [-0.05, 0) is 0 Å². The van der Waals surface area contributed by atoms with E-state index in [2.05, 4.69) is 4.84 Å². The van der Waals surface area contributed by atoms with Crippen molar-refractivity contribution in [3.05, 3.63) is 10.4 Å². The highest BCUT2D eigenvalue weighted by molar-refractivity contribution is 4.18. The molecule has 0 aromatic rings. The lowest BCUT2D eigenvalue weighted by molar-refractivity contribution is -1.17. The van der Waals surface area contributed by atoms with Crippen LogP contribution < -0.4 is 10.3 Å². The molecule has 5 heteroatoms. The Morgan fingerprint density at radius 3 is 2.00 bits per heavy atom. The number of hydrogen-bond acceptors (Lipinski definition) is 3. The second-order valence-electron chi connectivity index (χ2n) is 1.86. The Hall–Kier alpha value is -0.200. The standard InChI is InChI=1S/C4H12N2O3/c1-4(5(2)7)6(8)9-3/h4-6H,1-3H3. The first-order valence-corrected chi connectivity index (χ1v) is 2.68. The molecule has 9 heavy (non-hydrogen) atoms. The van der Waals surface area contributed by atoms with E-state index in [1.165, 1.54) is 21.1 Å². The lowest BCUT2D eigenvalue weighted by Crippen LogP contribution is -3.30. The molecule has 0 amide bonds. The van der Waals surface area contributed by atoms with Crippen LogP contribution >= 0.6 is 0 Å². The van der Waals surface area contributed by atoms with E-state index in [4.69, 9.17) is 0 Å². The van der Waals surface area contributed by atoms with Crippen molar-refractivity contribution in [1.29, 1.82) is 0 Å². The third kappa shape index (κ3) is 2.73. The van der Waals surface area contributed by atoms with Crippen molar-refractivity contribution in [2.45, 2.75) is 13.1 Å². The molecule has 2 N–H and O–H groups in total. The topological polar surface area (TPSA) is 64.2 Å². The van der Waals surface area contributed by atoms with Crippen LogP contribution in [0.5, 0.6) is 0 Å². The monoisotopic (exact) mass is 136 g/mol. The number of rotatable bonds is 3. The van der Waals surface area contributed by atoms with Crippen LogP contribution in [0.1, 0.15) is 6.92 Å². The van der Waals surface area contributed by atoms with Gasteiger partial charge in [0.2, 0.25) is 6.17 Å². The number of hydrogen-bond donors (Lipinski definition) is 2. The zero-order valence-electron chi connectivity index (χ0n) is 5.80. The van der Waals surface area contributed by atoms with Crippen molar-refractivity contribution in [3.8, 4) is 0 Å². The van der Waals surface area contributed by atoms with Crippen molar-refractivity contribution < 1.29 is 15.1 Å². The maximum atomic E-state index is 10.5. The smallest absolute Gasteiger partial charge is 0.239 e. The minimum Gasteiger partial charge on any atom is -0.630 e. The molecule has 0 radical (unpaired) electrons. The molecule has 3 atom stereocenters. The Kier molecular flexibility index (Phi) is 3.67. The molecule has 0 aliphatic rings. The van der Waals surface area contributed by atoms with E-state index in [-0.39, 0.29) is 5.06 Å². The van der Waals surface area contributed by atoms with Crippen molar-refractivity contribution in [1.82, 2.24) is 0 Å².